The topological polar surface area (TPSA) is 63.3 Å². The molecule has 3 N–H and O–H groups in total. The van der Waals surface area contributed by atoms with Crippen LogP contribution in [-0.2, 0) is 12.8 Å². The highest BCUT2D eigenvalue weighted by Crippen LogP contribution is 2.09. The number of guanidine groups is 1. The van der Waals surface area contributed by atoms with Gasteiger partial charge in [-0.3, -0.25) is 4.99 Å². The lowest BCUT2D eigenvalue weighted by atomic mass is 10.3. The molecule has 0 aliphatic rings. The number of nitrogens with two attached hydrogens (primary N) is 1. The third-order valence-corrected chi connectivity index (χ3v) is 3.42. The summed E-state index contributed by atoms with van der Waals surface area (Å²) >= 11 is 1.72. The average molecular weight is 254 g/mol. The molecule has 0 spiro atoms. The first-order chi connectivity index (χ1) is 8.26. The Kier molecular flexibility index (Phi) is 6.62. The summed E-state index contributed by atoms with van der Waals surface area (Å²) < 4.78 is 0. The van der Waals surface area contributed by atoms with Crippen molar-refractivity contribution in [2.75, 3.05) is 13.1 Å². The first-order valence-electron chi connectivity index (χ1n) is 6.23. The largest absolute Gasteiger partial charge is 0.370 e. The van der Waals surface area contributed by atoms with Gasteiger partial charge in [0.15, 0.2) is 5.96 Å². The second-order valence-electron chi connectivity index (χ2n) is 3.88. The van der Waals surface area contributed by atoms with E-state index in [0.29, 0.717) is 5.96 Å². The summed E-state index contributed by atoms with van der Waals surface area (Å²) in [7, 11) is 0. The highest BCUT2D eigenvalue weighted by atomic mass is 32.1. The van der Waals surface area contributed by atoms with Crippen molar-refractivity contribution in [3.63, 3.8) is 0 Å². The maximum Gasteiger partial charge on any atom is 0.188 e. The zero-order valence-electron chi connectivity index (χ0n) is 10.7. The summed E-state index contributed by atoms with van der Waals surface area (Å²) in [6.45, 7) is 5.88. The molecular weight excluding hydrogens is 232 g/mol. The smallest absolute Gasteiger partial charge is 0.188 e. The van der Waals surface area contributed by atoms with Crippen molar-refractivity contribution in [3.8, 4) is 0 Å². The number of thiazole rings is 1. The maximum atomic E-state index is 5.73. The number of hydrogen-bond acceptors (Lipinski definition) is 3. The minimum Gasteiger partial charge on any atom is -0.370 e. The molecule has 96 valence electrons. The van der Waals surface area contributed by atoms with E-state index in [1.165, 1.54) is 5.01 Å². The lowest BCUT2D eigenvalue weighted by Gasteiger charge is -2.03. The predicted octanol–water partition coefficient (Wildman–Crippen LogP) is 1.95. The van der Waals surface area contributed by atoms with Gasteiger partial charge in [-0.15, -0.1) is 11.3 Å². The predicted molar refractivity (Wildman–Crippen MR) is 74.6 cm³/mol. The van der Waals surface area contributed by atoms with Crippen molar-refractivity contribution < 1.29 is 0 Å². The van der Waals surface area contributed by atoms with E-state index in [-0.39, 0.29) is 0 Å². The van der Waals surface area contributed by atoms with Crippen molar-refractivity contribution in [3.05, 3.63) is 16.1 Å². The molecule has 1 rings (SSSR count). The Morgan fingerprint density at radius 2 is 2.35 bits per heavy atom. The highest BCUT2D eigenvalue weighted by Gasteiger charge is 2.00. The van der Waals surface area contributed by atoms with Gasteiger partial charge in [0.25, 0.3) is 0 Å². The van der Waals surface area contributed by atoms with E-state index in [0.717, 1.165) is 44.5 Å². The van der Waals surface area contributed by atoms with Gasteiger partial charge < -0.3 is 11.1 Å². The Morgan fingerprint density at radius 1 is 1.53 bits per heavy atom. The summed E-state index contributed by atoms with van der Waals surface area (Å²) in [6.07, 6.45) is 4.16. The van der Waals surface area contributed by atoms with Gasteiger partial charge in [0.05, 0.1) is 10.7 Å². The van der Waals surface area contributed by atoms with Crippen LogP contribution in [0.1, 0.15) is 37.4 Å². The Balaban J connectivity index is 2.20. The number of unbranched alkanes of at least 4 members (excludes halogenated alkanes) is 1. The van der Waals surface area contributed by atoms with Gasteiger partial charge in [0, 0.05) is 24.9 Å². The molecule has 17 heavy (non-hydrogen) atoms. The minimum absolute atomic E-state index is 0.546. The van der Waals surface area contributed by atoms with Crippen LogP contribution < -0.4 is 11.1 Å². The van der Waals surface area contributed by atoms with Crippen molar-refractivity contribution in [1.29, 1.82) is 0 Å². The Hall–Kier alpha value is -1.10. The van der Waals surface area contributed by atoms with Gasteiger partial charge in [0.1, 0.15) is 0 Å². The van der Waals surface area contributed by atoms with Gasteiger partial charge in [0.2, 0.25) is 0 Å². The van der Waals surface area contributed by atoms with Crippen LogP contribution in [0, 0.1) is 0 Å². The fourth-order valence-corrected chi connectivity index (χ4v) is 2.14. The van der Waals surface area contributed by atoms with E-state index >= 15 is 0 Å². The van der Waals surface area contributed by atoms with E-state index in [4.69, 9.17) is 5.73 Å². The van der Waals surface area contributed by atoms with Crippen molar-refractivity contribution in [2.24, 2.45) is 10.7 Å². The average Bonchev–Trinajstić information content (AvgIpc) is 2.77. The van der Waals surface area contributed by atoms with E-state index in [2.05, 4.69) is 34.5 Å². The van der Waals surface area contributed by atoms with Crippen LogP contribution in [0.2, 0.25) is 0 Å². The second kappa shape index (κ2) is 8.06. The third kappa shape index (κ3) is 5.68. The first kappa shape index (κ1) is 14.0. The summed E-state index contributed by atoms with van der Waals surface area (Å²) in [5, 5.41) is 6.42. The molecule has 0 atom stereocenters. The summed E-state index contributed by atoms with van der Waals surface area (Å²) in [4.78, 5) is 8.73. The number of hydrogen-bond donors (Lipinski definition) is 2. The van der Waals surface area contributed by atoms with Crippen LogP contribution in [0.25, 0.3) is 0 Å². The van der Waals surface area contributed by atoms with E-state index in [9.17, 15) is 0 Å². The monoisotopic (exact) mass is 254 g/mol. The summed E-state index contributed by atoms with van der Waals surface area (Å²) in [6, 6.07) is 0. The molecule has 0 fully saturated rings. The number of rotatable bonds is 7. The van der Waals surface area contributed by atoms with Crippen molar-refractivity contribution >= 4 is 17.3 Å². The second-order valence-corrected chi connectivity index (χ2v) is 4.83. The number of nitrogens with one attached hydrogen (secondary N) is 1. The van der Waals surface area contributed by atoms with Crippen LogP contribution >= 0.6 is 11.3 Å². The van der Waals surface area contributed by atoms with Crippen LogP contribution in [0.5, 0.6) is 0 Å². The van der Waals surface area contributed by atoms with Gasteiger partial charge in [-0.25, -0.2) is 4.98 Å². The molecule has 0 radical (unpaired) electrons. The van der Waals surface area contributed by atoms with Crippen LogP contribution in [0.3, 0.4) is 0 Å². The van der Waals surface area contributed by atoms with Crippen molar-refractivity contribution in [1.82, 2.24) is 10.3 Å². The number of aliphatic imine (C=N–C) groups is 1. The molecule has 0 saturated heterocycles. The third-order valence-electron chi connectivity index (χ3n) is 2.38. The van der Waals surface area contributed by atoms with Crippen LogP contribution in [0.15, 0.2) is 10.4 Å². The first-order valence-corrected chi connectivity index (χ1v) is 7.11. The Bertz CT molecular complexity index is 346. The molecule has 0 saturated carbocycles. The molecule has 1 aromatic heterocycles. The van der Waals surface area contributed by atoms with E-state index in [1.807, 2.05) is 0 Å². The van der Waals surface area contributed by atoms with Gasteiger partial charge in [-0.05, 0) is 12.8 Å². The lowest BCUT2D eigenvalue weighted by Crippen LogP contribution is -2.33. The Labute approximate surface area is 107 Å². The van der Waals surface area contributed by atoms with Crippen molar-refractivity contribution in [2.45, 2.75) is 39.5 Å². The normalized spacial score (nSPS) is 11.8. The van der Waals surface area contributed by atoms with Crippen LogP contribution in [-0.4, -0.2) is 24.0 Å². The number of aromatic nitrogens is 1. The Morgan fingerprint density at radius 3 is 3.00 bits per heavy atom. The zero-order chi connectivity index (χ0) is 12.5. The highest BCUT2D eigenvalue weighted by molar-refractivity contribution is 7.09. The van der Waals surface area contributed by atoms with E-state index < -0.39 is 0 Å². The molecule has 5 heteroatoms. The summed E-state index contributed by atoms with van der Waals surface area (Å²) in [5.74, 6) is 0.546. The number of aryl methyl sites for hydroxylation is 1. The zero-order valence-corrected chi connectivity index (χ0v) is 11.5. The molecule has 0 amide bonds. The summed E-state index contributed by atoms with van der Waals surface area (Å²) in [5.41, 5.74) is 6.87. The minimum atomic E-state index is 0.546. The molecule has 1 aromatic rings. The molecule has 4 nitrogen and oxygen atoms in total. The quantitative estimate of drug-likeness (QED) is 0.444. The molecule has 0 aliphatic carbocycles. The maximum absolute atomic E-state index is 5.73. The molecule has 0 aliphatic heterocycles. The van der Waals surface area contributed by atoms with Gasteiger partial charge >= 0.3 is 0 Å². The van der Waals surface area contributed by atoms with Gasteiger partial charge in [-0.2, -0.15) is 0 Å². The van der Waals surface area contributed by atoms with Gasteiger partial charge in [-0.1, -0.05) is 20.3 Å². The van der Waals surface area contributed by atoms with Crippen LogP contribution in [0.4, 0.5) is 0 Å². The van der Waals surface area contributed by atoms with E-state index in [1.54, 1.807) is 11.3 Å². The fraction of sp³-hybridized carbons (Fsp3) is 0.667. The standard InChI is InChI=1S/C12H22N4S/c1-3-5-7-14-12(13)15-8-6-10-9-17-11(4-2)16-10/h9H,3-8H2,1-2H3,(H3,13,14,15). The molecular formula is C12H22N4S. The molecule has 0 aromatic carbocycles. The lowest BCUT2D eigenvalue weighted by molar-refractivity contribution is 0.787. The molecule has 0 unspecified atom stereocenters. The number of nitrogens with zero attached hydrogens (tertiary/aromatic N) is 2. The molecule has 0 bridgehead atoms. The molecule has 1 heterocycles. The SMILES string of the molecule is CCCCN=C(N)NCCc1csc(CC)n1. The fourth-order valence-electron chi connectivity index (χ4n) is 1.36.